The second-order valence-electron chi connectivity index (χ2n) is 3.75. The van der Waals surface area contributed by atoms with Gasteiger partial charge in [0, 0.05) is 18.8 Å². The molecular formula is C13H11ClN4S. The van der Waals surface area contributed by atoms with E-state index in [1.54, 1.807) is 18.2 Å². The van der Waals surface area contributed by atoms with E-state index in [1.807, 2.05) is 30.3 Å². The lowest BCUT2D eigenvalue weighted by Gasteiger charge is -2.18. The van der Waals surface area contributed by atoms with E-state index in [2.05, 4.69) is 16.0 Å². The van der Waals surface area contributed by atoms with E-state index >= 15 is 0 Å². The Labute approximate surface area is 121 Å². The third-order valence-electron chi connectivity index (χ3n) is 2.57. The van der Waals surface area contributed by atoms with Crippen molar-refractivity contribution in [1.29, 1.82) is 5.26 Å². The first-order valence-electron chi connectivity index (χ1n) is 5.46. The molecule has 0 atom stereocenters. The highest BCUT2D eigenvalue weighted by molar-refractivity contribution is 7.98. The average Bonchev–Trinajstić information content (AvgIpc) is 2.46. The zero-order valence-electron chi connectivity index (χ0n) is 10.5. The van der Waals surface area contributed by atoms with Crippen LogP contribution in [0.1, 0.15) is 5.56 Å². The molecule has 4 nitrogen and oxygen atoms in total. The van der Waals surface area contributed by atoms with Crippen molar-refractivity contribution in [2.24, 2.45) is 0 Å². The summed E-state index contributed by atoms with van der Waals surface area (Å²) in [6, 6.07) is 11.1. The van der Waals surface area contributed by atoms with Crippen LogP contribution in [0.3, 0.4) is 0 Å². The Hall–Kier alpha value is -1.77. The van der Waals surface area contributed by atoms with Crippen molar-refractivity contribution in [3.05, 3.63) is 41.0 Å². The van der Waals surface area contributed by atoms with Crippen molar-refractivity contribution < 1.29 is 0 Å². The minimum atomic E-state index is 0.412. The molecule has 0 aliphatic rings. The van der Waals surface area contributed by atoms with Crippen LogP contribution in [-0.4, -0.2) is 23.3 Å². The molecular weight excluding hydrogens is 280 g/mol. The standard InChI is InChI=1S/C13H11ClN4S/c1-18(10-5-3-9(8-15)4-6-10)12-7-11(14)16-13(17-12)19-2/h3-7H,1-2H3. The number of nitriles is 1. The maximum Gasteiger partial charge on any atom is 0.190 e. The van der Waals surface area contributed by atoms with Crippen LogP contribution in [0.2, 0.25) is 5.15 Å². The number of hydrogen-bond donors (Lipinski definition) is 0. The minimum Gasteiger partial charge on any atom is -0.329 e. The maximum absolute atomic E-state index is 8.78. The van der Waals surface area contributed by atoms with Crippen molar-refractivity contribution in [1.82, 2.24) is 9.97 Å². The molecule has 1 aromatic carbocycles. The van der Waals surface area contributed by atoms with Crippen LogP contribution < -0.4 is 4.90 Å². The van der Waals surface area contributed by atoms with Crippen molar-refractivity contribution >= 4 is 34.9 Å². The van der Waals surface area contributed by atoms with Gasteiger partial charge in [-0.25, -0.2) is 9.97 Å². The van der Waals surface area contributed by atoms with Crippen LogP contribution in [0.4, 0.5) is 11.5 Å². The van der Waals surface area contributed by atoms with Gasteiger partial charge in [-0.3, -0.25) is 0 Å². The second-order valence-corrected chi connectivity index (χ2v) is 4.91. The predicted molar refractivity (Wildman–Crippen MR) is 78.0 cm³/mol. The van der Waals surface area contributed by atoms with Gasteiger partial charge in [0.25, 0.3) is 0 Å². The Morgan fingerprint density at radius 3 is 2.53 bits per heavy atom. The first-order chi connectivity index (χ1) is 9.13. The summed E-state index contributed by atoms with van der Waals surface area (Å²) in [6.07, 6.45) is 1.90. The third kappa shape index (κ3) is 3.16. The van der Waals surface area contributed by atoms with Crippen LogP contribution in [0.5, 0.6) is 0 Å². The maximum atomic E-state index is 8.78. The minimum absolute atomic E-state index is 0.412. The Morgan fingerprint density at radius 1 is 1.26 bits per heavy atom. The van der Waals surface area contributed by atoms with Crippen molar-refractivity contribution in [3.63, 3.8) is 0 Å². The molecule has 0 radical (unpaired) electrons. The van der Waals surface area contributed by atoms with Gasteiger partial charge < -0.3 is 4.90 Å². The molecule has 2 rings (SSSR count). The van der Waals surface area contributed by atoms with E-state index < -0.39 is 0 Å². The van der Waals surface area contributed by atoms with Gasteiger partial charge in [0.15, 0.2) is 5.16 Å². The highest BCUT2D eigenvalue weighted by Gasteiger charge is 2.09. The van der Waals surface area contributed by atoms with Crippen LogP contribution in [0, 0.1) is 11.3 Å². The molecule has 0 saturated heterocycles. The quantitative estimate of drug-likeness (QED) is 0.492. The number of rotatable bonds is 3. The summed E-state index contributed by atoms with van der Waals surface area (Å²) in [4.78, 5) is 10.4. The van der Waals surface area contributed by atoms with Gasteiger partial charge in [-0.05, 0) is 30.5 Å². The van der Waals surface area contributed by atoms with Crippen molar-refractivity contribution in [2.45, 2.75) is 5.16 Å². The van der Waals surface area contributed by atoms with E-state index in [0.29, 0.717) is 21.7 Å². The third-order valence-corrected chi connectivity index (χ3v) is 3.31. The lowest BCUT2D eigenvalue weighted by molar-refractivity contribution is 0.946. The zero-order chi connectivity index (χ0) is 13.8. The monoisotopic (exact) mass is 290 g/mol. The summed E-state index contributed by atoms with van der Waals surface area (Å²) in [5.74, 6) is 0.717. The van der Waals surface area contributed by atoms with Crippen LogP contribution in [0.25, 0.3) is 0 Å². The highest BCUT2D eigenvalue weighted by Crippen LogP contribution is 2.25. The molecule has 0 aliphatic heterocycles. The summed E-state index contributed by atoms with van der Waals surface area (Å²) in [7, 11) is 1.89. The van der Waals surface area contributed by atoms with Crippen molar-refractivity contribution in [3.8, 4) is 6.07 Å². The summed E-state index contributed by atoms with van der Waals surface area (Å²) >= 11 is 7.41. The van der Waals surface area contributed by atoms with Crippen molar-refractivity contribution in [2.75, 3.05) is 18.2 Å². The molecule has 0 saturated carbocycles. The molecule has 0 bridgehead atoms. The average molecular weight is 291 g/mol. The fourth-order valence-electron chi connectivity index (χ4n) is 1.54. The molecule has 0 amide bonds. The SMILES string of the molecule is CSc1nc(Cl)cc(N(C)c2ccc(C#N)cc2)n1. The second kappa shape index (κ2) is 5.91. The van der Waals surface area contributed by atoms with Crippen LogP contribution >= 0.6 is 23.4 Å². The molecule has 0 unspecified atom stereocenters. The number of hydrogen-bond acceptors (Lipinski definition) is 5. The fourth-order valence-corrected chi connectivity index (χ4v) is 2.14. The summed E-state index contributed by atoms with van der Waals surface area (Å²) in [5, 5.41) is 9.82. The number of halogens is 1. The molecule has 19 heavy (non-hydrogen) atoms. The molecule has 2 aromatic rings. The molecule has 6 heteroatoms. The molecule has 1 heterocycles. The van der Waals surface area contributed by atoms with Gasteiger partial charge >= 0.3 is 0 Å². The molecule has 1 aromatic heterocycles. The molecule has 0 N–H and O–H groups in total. The highest BCUT2D eigenvalue weighted by atomic mass is 35.5. The smallest absolute Gasteiger partial charge is 0.190 e. The Balaban J connectivity index is 2.35. The van der Waals surface area contributed by atoms with E-state index in [9.17, 15) is 0 Å². The topological polar surface area (TPSA) is 52.8 Å². The number of thioether (sulfide) groups is 1. The fraction of sp³-hybridized carbons (Fsp3) is 0.154. The number of anilines is 2. The Morgan fingerprint density at radius 2 is 1.95 bits per heavy atom. The first kappa shape index (κ1) is 13.7. The van der Waals surface area contributed by atoms with E-state index in [-0.39, 0.29) is 0 Å². The normalized spacial score (nSPS) is 10.0. The largest absolute Gasteiger partial charge is 0.329 e. The predicted octanol–water partition coefficient (Wildman–Crippen LogP) is 3.49. The number of aromatic nitrogens is 2. The summed E-state index contributed by atoms with van der Waals surface area (Å²) < 4.78 is 0. The van der Waals surface area contributed by atoms with E-state index in [4.69, 9.17) is 16.9 Å². The number of nitrogens with zero attached hydrogens (tertiary/aromatic N) is 4. The Bertz CT molecular complexity index is 622. The van der Waals surface area contributed by atoms with Gasteiger partial charge in [0.2, 0.25) is 0 Å². The molecule has 0 aliphatic carbocycles. The van der Waals surface area contributed by atoms with Crippen LogP contribution in [0.15, 0.2) is 35.5 Å². The zero-order valence-corrected chi connectivity index (χ0v) is 12.0. The summed E-state index contributed by atoms with van der Waals surface area (Å²) in [6.45, 7) is 0. The Kier molecular flexibility index (Phi) is 4.25. The van der Waals surface area contributed by atoms with Crippen LogP contribution in [-0.2, 0) is 0 Å². The molecule has 96 valence electrons. The van der Waals surface area contributed by atoms with Gasteiger partial charge in [0.1, 0.15) is 11.0 Å². The van der Waals surface area contributed by atoms with Gasteiger partial charge in [-0.1, -0.05) is 23.4 Å². The van der Waals surface area contributed by atoms with E-state index in [0.717, 1.165) is 5.69 Å². The molecule has 0 spiro atoms. The lowest BCUT2D eigenvalue weighted by Crippen LogP contribution is -2.12. The van der Waals surface area contributed by atoms with Gasteiger partial charge in [-0.15, -0.1) is 0 Å². The molecule has 0 fully saturated rings. The van der Waals surface area contributed by atoms with Gasteiger partial charge in [-0.2, -0.15) is 5.26 Å². The number of benzene rings is 1. The lowest BCUT2D eigenvalue weighted by atomic mass is 10.2. The van der Waals surface area contributed by atoms with Gasteiger partial charge in [0.05, 0.1) is 11.6 Å². The summed E-state index contributed by atoms with van der Waals surface area (Å²) in [5.41, 5.74) is 1.56. The first-order valence-corrected chi connectivity index (χ1v) is 7.07. The van der Waals surface area contributed by atoms with E-state index in [1.165, 1.54) is 11.8 Å².